The van der Waals surface area contributed by atoms with Crippen LogP contribution in [-0.2, 0) is 11.3 Å². The van der Waals surface area contributed by atoms with E-state index in [1.54, 1.807) is 6.26 Å². The number of likely N-dealkylation sites (tertiary alicyclic amines) is 1. The summed E-state index contributed by atoms with van der Waals surface area (Å²) in [6.07, 6.45) is 3.33. The molecule has 1 fully saturated rings. The average molecular weight is 241 g/mol. The van der Waals surface area contributed by atoms with Crippen LogP contribution in [0.3, 0.4) is 0 Å². The molecule has 1 amide bonds. The van der Waals surface area contributed by atoms with Gasteiger partial charge in [0.15, 0.2) is 0 Å². The third kappa shape index (κ3) is 2.04. The molecule has 0 saturated carbocycles. The van der Waals surface area contributed by atoms with Crippen molar-refractivity contribution in [2.24, 2.45) is 0 Å². The fourth-order valence-electron chi connectivity index (χ4n) is 2.41. The van der Waals surface area contributed by atoms with E-state index in [4.69, 9.17) is 4.42 Å². The van der Waals surface area contributed by atoms with E-state index in [2.05, 4.69) is 6.07 Å². The molecule has 0 aliphatic carbocycles. The smallest absolute Gasteiger partial charge is 0.222 e. The van der Waals surface area contributed by atoms with E-state index in [0.29, 0.717) is 13.0 Å². The molecule has 1 aliphatic heterocycles. The van der Waals surface area contributed by atoms with Crippen molar-refractivity contribution in [1.29, 1.82) is 0 Å². The first-order valence-electron chi connectivity index (χ1n) is 6.24. The first-order chi connectivity index (χ1) is 8.84. The number of benzene rings is 1. The lowest BCUT2D eigenvalue weighted by molar-refractivity contribution is -0.128. The van der Waals surface area contributed by atoms with Gasteiger partial charge in [-0.3, -0.25) is 4.79 Å². The van der Waals surface area contributed by atoms with Gasteiger partial charge in [0, 0.05) is 25.1 Å². The highest BCUT2D eigenvalue weighted by atomic mass is 16.3. The zero-order valence-electron chi connectivity index (χ0n) is 10.1. The molecule has 0 spiro atoms. The highest BCUT2D eigenvalue weighted by molar-refractivity contribution is 5.78. The second-order valence-electron chi connectivity index (χ2n) is 4.55. The number of rotatable bonds is 3. The van der Waals surface area contributed by atoms with Gasteiger partial charge in [-0.1, -0.05) is 24.3 Å². The Kier molecular flexibility index (Phi) is 2.89. The monoisotopic (exact) mass is 241 g/mol. The second-order valence-corrected chi connectivity index (χ2v) is 4.55. The van der Waals surface area contributed by atoms with Crippen LogP contribution in [0.4, 0.5) is 0 Å². The van der Waals surface area contributed by atoms with Crippen molar-refractivity contribution in [3.8, 4) is 11.3 Å². The van der Waals surface area contributed by atoms with Gasteiger partial charge in [-0.15, -0.1) is 0 Å². The summed E-state index contributed by atoms with van der Waals surface area (Å²) >= 11 is 0. The third-order valence-electron chi connectivity index (χ3n) is 3.34. The van der Waals surface area contributed by atoms with Crippen LogP contribution in [0.5, 0.6) is 0 Å². The van der Waals surface area contributed by atoms with Crippen LogP contribution in [0, 0.1) is 0 Å². The van der Waals surface area contributed by atoms with E-state index < -0.39 is 0 Å². The number of amides is 1. The Morgan fingerprint density at radius 2 is 2.06 bits per heavy atom. The summed E-state index contributed by atoms with van der Waals surface area (Å²) in [5, 5.41) is 0. The van der Waals surface area contributed by atoms with Crippen molar-refractivity contribution in [3.63, 3.8) is 0 Å². The molecule has 18 heavy (non-hydrogen) atoms. The van der Waals surface area contributed by atoms with E-state index in [1.165, 1.54) is 0 Å². The summed E-state index contributed by atoms with van der Waals surface area (Å²) in [6, 6.07) is 11.9. The lowest BCUT2D eigenvalue weighted by Gasteiger charge is -2.17. The molecule has 0 unspecified atom stereocenters. The van der Waals surface area contributed by atoms with Gasteiger partial charge in [0.2, 0.25) is 5.91 Å². The maximum absolute atomic E-state index is 11.7. The second kappa shape index (κ2) is 4.69. The lowest BCUT2D eigenvalue weighted by Crippen LogP contribution is -2.24. The highest BCUT2D eigenvalue weighted by Gasteiger charge is 2.21. The number of carbonyl (C=O) groups is 1. The summed E-state index contributed by atoms with van der Waals surface area (Å²) in [6.45, 7) is 1.54. The summed E-state index contributed by atoms with van der Waals surface area (Å²) in [4.78, 5) is 13.6. The van der Waals surface area contributed by atoms with Gasteiger partial charge in [-0.25, -0.2) is 0 Å². The van der Waals surface area contributed by atoms with Gasteiger partial charge in [-0.05, 0) is 24.1 Å². The van der Waals surface area contributed by atoms with Gasteiger partial charge in [0.05, 0.1) is 6.26 Å². The Hall–Kier alpha value is -2.03. The van der Waals surface area contributed by atoms with E-state index in [0.717, 1.165) is 29.9 Å². The standard InChI is InChI=1S/C15H15NO2/c17-15-8-3-9-16(15)11-12-5-1-2-6-13(12)14-7-4-10-18-14/h1-2,4-7,10H,3,8-9,11H2. The molecule has 1 saturated heterocycles. The van der Waals surface area contributed by atoms with Crippen LogP contribution in [0.2, 0.25) is 0 Å². The minimum atomic E-state index is 0.254. The molecule has 0 atom stereocenters. The van der Waals surface area contributed by atoms with Crippen molar-refractivity contribution in [3.05, 3.63) is 48.2 Å². The van der Waals surface area contributed by atoms with E-state index in [9.17, 15) is 4.79 Å². The van der Waals surface area contributed by atoms with E-state index >= 15 is 0 Å². The Morgan fingerprint density at radius 3 is 2.78 bits per heavy atom. The molecule has 0 radical (unpaired) electrons. The fourth-order valence-corrected chi connectivity index (χ4v) is 2.41. The number of hydrogen-bond acceptors (Lipinski definition) is 2. The number of hydrogen-bond donors (Lipinski definition) is 0. The van der Waals surface area contributed by atoms with Crippen molar-refractivity contribution < 1.29 is 9.21 Å². The van der Waals surface area contributed by atoms with Crippen molar-refractivity contribution in [2.45, 2.75) is 19.4 Å². The number of furan rings is 1. The predicted octanol–water partition coefficient (Wildman–Crippen LogP) is 3.07. The van der Waals surface area contributed by atoms with Crippen LogP contribution in [0.15, 0.2) is 47.1 Å². The molecule has 1 aliphatic rings. The molecule has 0 bridgehead atoms. The van der Waals surface area contributed by atoms with Gasteiger partial charge < -0.3 is 9.32 Å². The van der Waals surface area contributed by atoms with E-state index in [-0.39, 0.29) is 5.91 Å². The minimum Gasteiger partial charge on any atom is -0.464 e. The maximum Gasteiger partial charge on any atom is 0.222 e. The SMILES string of the molecule is O=C1CCCN1Cc1ccccc1-c1ccco1. The Bertz CT molecular complexity index is 545. The topological polar surface area (TPSA) is 33.5 Å². The molecular weight excluding hydrogens is 226 g/mol. The van der Waals surface area contributed by atoms with Crippen LogP contribution < -0.4 is 0 Å². The number of nitrogens with zero attached hydrogens (tertiary/aromatic N) is 1. The normalized spacial score (nSPS) is 15.3. The minimum absolute atomic E-state index is 0.254. The van der Waals surface area contributed by atoms with Crippen molar-refractivity contribution in [2.75, 3.05) is 6.54 Å². The molecular formula is C15H15NO2. The predicted molar refractivity (Wildman–Crippen MR) is 68.8 cm³/mol. The molecule has 1 aromatic heterocycles. The fraction of sp³-hybridized carbons (Fsp3) is 0.267. The molecule has 92 valence electrons. The summed E-state index contributed by atoms with van der Waals surface area (Å²) in [7, 11) is 0. The van der Waals surface area contributed by atoms with Gasteiger partial charge in [-0.2, -0.15) is 0 Å². The Labute approximate surface area is 106 Å². The molecule has 2 heterocycles. The van der Waals surface area contributed by atoms with Crippen LogP contribution in [0.1, 0.15) is 18.4 Å². The van der Waals surface area contributed by atoms with Crippen LogP contribution >= 0.6 is 0 Å². The molecule has 1 aromatic carbocycles. The summed E-state index contributed by atoms with van der Waals surface area (Å²) in [5.41, 5.74) is 2.21. The molecule has 3 nitrogen and oxygen atoms in total. The summed E-state index contributed by atoms with van der Waals surface area (Å²) in [5.74, 6) is 1.11. The zero-order valence-corrected chi connectivity index (χ0v) is 10.1. The van der Waals surface area contributed by atoms with Gasteiger partial charge in [0.1, 0.15) is 5.76 Å². The molecule has 3 rings (SSSR count). The first-order valence-corrected chi connectivity index (χ1v) is 6.24. The van der Waals surface area contributed by atoms with E-state index in [1.807, 2.05) is 35.2 Å². The maximum atomic E-state index is 11.7. The summed E-state index contributed by atoms with van der Waals surface area (Å²) < 4.78 is 5.45. The van der Waals surface area contributed by atoms with Crippen molar-refractivity contribution in [1.82, 2.24) is 4.90 Å². The largest absolute Gasteiger partial charge is 0.464 e. The highest BCUT2D eigenvalue weighted by Crippen LogP contribution is 2.26. The van der Waals surface area contributed by atoms with Crippen LogP contribution in [0.25, 0.3) is 11.3 Å². The molecule has 0 N–H and O–H groups in total. The van der Waals surface area contributed by atoms with Crippen molar-refractivity contribution >= 4 is 5.91 Å². The Balaban J connectivity index is 1.90. The Morgan fingerprint density at radius 1 is 1.17 bits per heavy atom. The number of carbonyl (C=O) groups excluding carboxylic acids is 1. The lowest BCUT2D eigenvalue weighted by atomic mass is 10.0. The zero-order chi connectivity index (χ0) is 12.4. The quantitative estimate of drug-likeness (QED) is 0.827. The third-order valence-corrected chi connectivity index (χ3v) is 3.34. The van der Waals surface area contributed by atoms with Gasteiger partial charge >= 0.3 is 0 Å². The van der Waals surface area contributed by atoms with Gasteiger partial charge in [0.25, 0.3) is 0 Å². The van der Waals surface area contributed by atoms with Crippen LogP contribution in [-0.4, -0.2) is 17.4 Å². The first kappa shape index (κ1) is 11.1. The molecule has 2 aromatic rings. The average Bonchev–Trinajstić information content (AvgIpc) is 3.03. The molecule has 3 heteroatoms.